The van der Waals surface area contributed by atoms with Crippen LogP contribution in [-0.4, -0.2) is 30.1 Å². The lowest BCUT2D eigenvalue weighted by atomic mass is 10.1. The second-order valence-electron chi connectivity index (χ2n) is 5.50. The molecule has 0 aliphatic rings. The van der Waals surface area contributed by atoms with Gasteiger partial charge in [-0.2, -0.15) is 0 Å². The molecule has 5 heteroatoms. The summed E-state index contributed by atoms with van der Waals surface area (Å²) >= 11 is 0. The van der Waals surface area contributed by atoms with Crippen LogP contribution in [0.2, 0.25) is 0 Å². The summed E-state index contributed by atoms with van der Waals surface area (Å²) in [5.41, 5.74) is 6.33. The SMILES string of the molecule is CC(C)N(CCNc1ccc(N)cc1C(F)F)C(C)C. The zero-order valence-electron chi connectivity index (χ0n) is 12.7. The van der Waals surface area contributed by atoms with Crippen LogP contribution < -0.4 is 11.1 Å². The number of rotatable bonds is 7. The fourth-order valence-electron chi connectivity index (χ4n) is 2.36. The molecular formula is C15H25F2N3. The number of anilines is 2. The van der Waals surface area contributed by atoms with Crippen molar-refractivity contribution < 1.29 is 8.78 Å². The maximum absolute atomic E-state index is 12.9. The summed E-state index contributed by atoms with van der Waals surface area (Å²) in [5.74, 6) is 0. The number of nitrogens with two attached hydrogens (primary N) is 1. The van der Waals surface area contributed by atoms with E-state index < -0.39 is 6.43 Å². The molecular weight excluding hydrogens is 260 g/mol. The van der Waals surface area contributed by atoms with E-state index in [9.17, 15) is 8.78 Å². The molecule has 0 unspecified atom stereocenters. The minimum atomic E-state index is -2.52. The topological polar surface area (TPSA) is 41.3 Å². The standard InChI is InChI=1S/C15H25F2N3/c1-10(2)20(11(3)4)8-7-19-14-6-5-12(18)9-13(14)15(16)17/h5-6,9-11,15,19H,7-8,18H2,1-4H3. The highest BCUT2D eigenvalue weighted by Crippen LogP contribution is 2.28. The van der Waals surface area contributed by atoms with Crippen molar-refractivity contribution in [1.29, 1.82) is 0 Å². The van der Waals surface area contributed by atoms with E-state index in [-0.39, 0.29) is 5.56 Å². The van der Waals surface area contributed by atoms with Crippen molar-refractivity contribution in [3.63, 3.8) is 0 Å². The van der Waals surface area contributed by atoms with Crippen molar-refractivity contribution in [2.45, 2.75) is 46.2 Å². The number of nitrogens with one attached hydrogen (secondary N) is 1. The Hall–Kier alpha value is -1.36. The number of halogens is 2. The van der Waals surface area contributed by atoms with Gasteiger partial charge in [0.25, 0.3) is 6.43 Å². The Balaban J connectivity index is 2.66. The van der Waals surface area contributed by atoms with Crippen molar-refractivity contribution in [2.75, 3.05) is 24.1 Å². The molecule has 0 saturated heterocycles. The van der Waals surface area contributed by atoms with Crippen molar-refractivity contribution in [1.82, 2.24) is 4.90 Å². The van der Waals surface area contributed by atoms with Gasteiger partial charge < -0.3 is 11.1 Å². The monoisotopic (exact) mass is 285 g/mol. The van der Waals surface area contributed by atoms with E-state index in [0.29, 0.717) is 30.0 Å². The highest BCUT2D eigenvalue weighted by atomic mass is 19.3. The van der Waals surface area contributed by atoms with Crippen LogP contribution in [0.25, 0.3) is 0 Å². The first-order chi connectivity index (χ1) is 9.32. The average Bonchev–Trinajstić information content (AvgIpc) is 2.34. The minimum absolute atomic E-state index is 0.0364. The summed E-state index contributed by atoms with van der Waals surface area (Å²) in [5, 5.41) is 3.08. The Labute approximate surface area is 120 Å². The fourth-order valence-corrected chi connectivity index (χ4v) is 2.36. The lowest BCUT2D eigenvalue weighted by molar-refractivity contribution is 0.152. The zero-order valence-corrected chi connectivity index (χ0v) is 12.7. The van der Waals surface area contributed by atoms with Gasteiger partial charge in [0.05, 0.1) is 0 Å². The number of alkyl halides is 2. The van der Waals surface area contributed by atoms with Gasteiger partial charge in [-0.1, -0.05) is 0 Å². The Bertz CT molecular complexity index is 412. The van der Waals surface area contributed by atoms with Gasteiger partial charge in [0.1, 0.15) is 0 Å². The summed E-state index contributed by atoms with van der Waals surface area (Å²) in [6.07, 6.45) is -2.52. The molecule has 0 heterocycles. The van der Waals surface area contributed by atoms with Gasteiger partial charge in [-0.05, 0) is 45.9 Å². The minimum Gasteiger partial charge on any atom is -0.399 e. The van der Waals surface area contributed by atoms with Crippen molar-refractivity contribution in [2.24, 2.45) is 0 Å². The van der Waals surface area contributed by atoms with E-state index in [1.54, 1.807) is 12.1 Å². The van der Waals surface area contributed by atoms with Crippen LogP contribution >= 0.6 is 0 Å². The van der Waals surface area contributed by atoms with Gasteiger partial charge in [-0.15, -0.1) is 0 Å². The lowest BCUT2D eigenvalue weighted by Gasteiger charge is -2.30. The zero-order chi connectivity index (χ0) is 15.3. The van der Waals surface area contributed by atoms with Gasteiger partial charge in [-0.3, -0.25) is 4.90 Å². The summed E-state index contributed by atoms with van der Waals surface area (Å²) < 4.78 is 25.9. The maximum Gasteiger partial charge on any atom is 0.265 e. The molecule has 0 spiro atoms. The summed E-state index contributed by atoms with van der Waals surface area (Å²) in [6.45, 7) is 9.96. The number of nitrogen functional groups attached to an aromatic ring is 1. The molecule has 0 radical (unpaired) electrons. The first kappa shape index (κ1) is 16.7. The molecule has 1 aromatic carbocycles. The Morgan fingerprint density at radius 1 is 1.15 bits per heavy atom. The summed E-state index contributed by atoms with van der Waals surface area (Å²) in [7, 11) is 0. The Morgan fingerprint density at radius 2 is 1.75 bits per heavy atom. The molecule has 0 aromatic heterocycles. The van der Waals surface area contributed by atoms with E-state index in [2.05, 4.69) is 37.9 Å². The molecule has 1 rings (SSSR count). The smallest absolute Gasteiger partial charge is 0.265 e. The van der Waals surface area contributed by atoms with E-state index in [1.165, 1.54) is 6.07 Å². The van der Waals surface area contributed by atoms with Crippen LogP contribution in [0.4, 0.5) is 20.2 Å². The average molecular weight is 285 g/mol. The van der Waals surface area contributed by atoms with Gasteiger partial charge >= 0.3 is 0 Å². The van der Waals surface area contributed by atoms with Gasteiger partial charge in [0.2, 0.25) is 0 Å². The molecule has 1 aromatic rings. The molecule has 20 heavy (non-hydrogen) atoms. The number of hydrogen-bond acceptors (Lipinski definition) is 3. The molecule has 0 atom stereocenters. The van der Waals surface area contributed by atoms with Crippen molar-refractivity contribution in [3.8, 4) is 0 Å². The van der Waals surface area contributed by atoms with Crippen LogP contribution in [0, 0.1) is 0 Å². The van der Waals surface area contributed by atoms with Crippen LogP contribution in [0.1, 0.15) is 39.7 Å². The Kier molecular flexibility index (Phi) is 6.20. The van der Waals surface area contributed by atoms with E-state index >= 15 is 0 Å². The van der Waals surface area contributed by atoms with Gasteiger partial charge in [0.15, 0.2) is 0 Å². The quantitative estimate of drug-likeness (QED) is 0.750. The second kappa shape index (κ2) is 7.43. The van der Waals surface area contributed by atoms with Crippen molar-refractivity contribution in [3.05, 3.63) is 23.8 Å². The normalized spacial score (nSPS) is 11.9. The lowest BCUT2D eigenvalue weighted by Crippen LogP contribution is -2.40. The molecule has 0 fully saturated rings. The van der Waals surface area contributed by atoms with E-state index in [4.69, 9.17) is 5.73 Å². The Morgan fingerprint density at radius 3 is 2.25 bits per heavy atom. The predicted molar refractivity (Wildman–Crippen MR) is 81.3 cm³/mol. The predicted octanol–water partition coefficient (Wildman–Crippen LogP) is 3.74. The first-order valence-corrected chi connectivity index (χ1v) is 7.00. The highest BCUT2D eigenvalue weighted by Gasteiger charge is 2.15. The molecule has 0 bridgehead atoms. The van der Waals surface area contributed by atoms with Crippen LogP contribution in [0.5, 0.6) is 0 Å². The molecule has 0 aliphatic carbocycles. The summed E-state index contributed by atoms with van der Waals surface area (Å²) in [4.78, 5) is 2.31. The summed E-state index contributed by atoms with van der Waals surface area (Å²) in [6, 6.07) is 5.44. The number of hydrogen-bond donors (Lipinski definition) is 2. The van der Waals surface area contributed by atoms with E-state index in [0.717, 1.165) is 6.54 Å². The van der Waals surface area contributed by atoms with Crippen LogP contribution in [-0.2, 0) is 0 Å². The van der Waals surface area contributed by atoms with Crippen LogP contribution in [0.15, 0.2) is 18.2 Å². The van der Waals surface area contributed by atoms with Crippen LogP contribution in [0.3, 0.4) is 0 Å². The maximum atomic E-state index is 12.9. The van der Waals surface area contributed by atoms with E-state index in [1.807, 2.05) is 0 Å². The number of benzene rings is 1. The molecule has 3 N–H and O–H groups in total. The first-order valence-electron chi connectivity index (χ1n) is 7.00. The molecule has 0 saturated carbocycles. The third kappa shape index (κ3) is 4.63. The van der Waals surface area contributed by atoms with Gasteiger partial charge in [0, 0.05) is 42.1 Å². The highest BCUT2D eigenvalue weighted by molar-refractivity contribution is 5.58. The third-order valence-corrected chi connectivity index (χ3v) is 3.32. The molecule has 3 nitrogen and oxygen atoms in total. The largest absolute Gasteiger partial charge is 0.399 e. The van der Waals surface area contributed by atoms with Gasteiger partial charge in [-0.25, -0.2) is 8.78 Å². The molecule has 0 amide bonds. The second-order valence-corrected chi connectivity index (χ2v) is 5.50. The fraction of sp³-hybridized carbons (Fsp3) is 0.600. The number of nitrogens with zero attached hydrogens (tertiary/aromatic N) is 1. The van der Waals surface area contributed by atoms with Crippen molar-refractivity contribution >= 4 is 11.4 Å². The third-order valence-electron chi connectivity index (χ3n) is 3.32. The molecule has 114 valence electrons. The molecule has 0 aliphatic heterocycles.